The fraction of sp³-hybridized carbons (Fsp3) is 0.200. The van der Waals surface area contributed by atoms with Gasteiger partial charge in [0.1, 0.15) is 5.82 Å². The van der Waals surface area contributed by atoms with Crippen LogP contribution in [0.15, 0.2) is 24.3 Å². The molecule has 74 valence electrons. The third-order valence-corrected chi connectivity index (χ3v) is 1.68. The first-order valence-corrected chi connectivity index (χ1v) is 4.23. The lowest BCUT2D eigenvalue weighted by Crippen LogP contribution is -2.29. The van der Waals surface area contributed by atoms with Gasteiger partial charge in [-0.2, -0.15) is 0 Å². The second kappa shape index (κ2) is 4.50. The molecule has 0 aliphatic heterocycles. The van der Waals surface area contributed by atoms with Gasteiger partial charge < -0.3 is 0 Å². The van der Waals surface area contributed by atoms with E-state index in [0.717, 1.165) is 0 Å². The number of amides is 2. The molecule has 1 N–H and O–H groups in total. The maximum atomic E-state index is 12.5. The minimum absolute atomic E-state index is 0.243. The van der Waals surface area contributed by atoms with Crippen LogP contribution in [0.25, 0.3) is 0 Å². The first-order chi connectivity index (χ1) is 6.63. The maximum absolute atomic E-state index is 12.5. The van der Waals surface area contributed by atoms with Gasteiger partial charge in [0, 0.05) is 12.0 Å². The van der Waals surface area contributed by atoms with Crippen LogP contribution in [0.2, 0.25) is 0 Å². The molecule has 0 spiro atoms. The first-order valence-electron chi connectivity index (χ1n) is 4.23. The van der Waals surface area contributed by atoms with Gasteiger partial charge in [0.25, 0.3) is 5.91 Å². The van der Waals surface area contributed by atoms with Crippen LogP contribution in [0.4, 0.5) is 4.39 Å². The van der Waals surface area contributed by atoms with Gasteiger partial charge >= 0.3 is 0 Å². The van der Waals surface area contributed by atoms with E-state index >= 15 is 0 Å². The second-order valence-electron chi connectivity index (χ2n) is 2.74. The molecule has 1 aromatic carbocycles. The normalized spacial score (nSPS) is 9.57. The highest BCUT2D eigenvalue weighted by Crippen LogP contribution is 2.02. The van der Waals surface area contributed by atoms with E-state index in [-0.39, 0.29) is 17.9 Å². The van der Waals surface area contributed by atoms with Gasteiger partial charge in [-0.3, -0.25) is 14.9 Å². The van der Waals surface area contributed by atoms with Crippen molar-refractivity contribution >= 4 is 11.8 Å². The summed E-state index contributed by atoms with van der Waals surface area (Å²) in [6, 6.07) is 5.00. The third-order valence-electron chi connectivity index (χ3n) is 1.68. The third kappa shape index (κ3) is 2.65. The molecule has 0 saturated heterocycles. The van der Waals surface area contributed by atoms with Crippen molar-refractivity contribution in [3.05, 3.63) is 35.6 Å². The van der Waals surface area contributed by atoms with Gasteiger partial charge in [0.15, 0.2) is 0 Å². The highest BCUT2D eigenvalue weighted by atomic mass is 19.1. The molecule has 0 aromatic heterocycles. The van der Waals surface area contributed by atoms with Crippen molar-refractivity contribution in [2.75, 3.05) is 0 Å². The minimum Gasteiger partial charge on any atom is -0.292 e. The summed E-state index contributed by atoms with van der Waals surface area (Å²) >= 11 is 0. The molecule has 1 aromatic rings. The molecule has 0 unspecified atom stereocenters. The number of nitrogens with one attached hydrogen (secondary N) is 1. The Labute approximate surface area is 80.9 Å². The van der Waals surface area contributed by atoms with Crippen molar-refractivity contribution in [3.63, 3.8) is 0 Å². The molecule has 0 saturated carbocycles. The lowest BCUT2D eigenvalue weighted by atomic mass is 10.2. The van der Waals surface area contributed by atoms with E-state index in [4.69, 9.17) is 0 Å². The van der Waals surface area contributed by atoms with Gasteiger partial charge in [-0.05, 0) is 24.3 Å². The summed E-state index contributed by atoms with van der Waals surface area (Å²) in [6.07, 6.45) is 0.243. The molecule has 0 atom stereocenters. The van der Waals surface area contributed by atoms with E-state index in [0.29, 0.717) is 0 Å². The lowest BCUT2D eigenvalue weighted by Gasteiger charge is -2.01. The number of benzene rings is 1. The first kappa shape index (κ1) is 10.4. The topological polar surface area (TPSA) is 46.2 Å². The minimum atomic E-state index is -0.503. The van der Waals surface area contributed by atoms with Gasteiger partial charge in [0.2, 0.25) is 5.91 Å². The number of halogens is 1. The Balaban J connectivity index is 2.70. The smallest absolute Gasteiger partial charge is 0.257 e. The van der Waals surface area contributed by atoms with Crippen molar-refractivity contribution in [1.29, 1.82) is 0 Å². The zero-order valence-corrected chi connectivity index (χ0v) is 7.71. The molecule has 0 aliphatic rings. The summed E-state index contributed by atoms with van der Waals surface area (Å²) < 4.78 is 12.5. The molecule has 2 amide bonds. The van der Waals surface area contributed by atoms with Crippen molar-refractivity contribution in [2.24, 2.45) is 0 Å². The van der Waals surface area contributed by atoms with Crippen LogP contribution in [0, 0.1) is 5.82 Å². The van der Waals surface area contributed by atoms with Gasteiger partial charge in [-0.25, -0.2) is 4.39 Å². The fourth-order valence-corrected chi connectivity index (χ4v) is 0.888. The number of carbonyl (C=O) groups excluding carboxylic acids is 2. The number of rotatable bonds is 2. The Bertz CT molecular complexity index is 346. The molecular weight excluding hydrogens is 185 g/mol. The van der Waals surface area contributed by atoms with E-state index in [1.807, 2.05) is 0 Å². The second-order valence-corrected chi connectivity index (χ2v) is 2.74. The summed E-state index contributed by atoms with van der Waals surface area (Å²) in [4.78, 5) is 22.1. The number of carbonyl (C=O) groups is 2. The molecular formula is C10H10FNO2. The summed E-state index contributed by atoms with van der Waals surface area (Å²) in [5, 5.41) is 2.17. The van der Waals surface area contributed by atoms with Crippen molar-refractivity contribution in [2.45, 2.75) is 13.3 Å². The van der Waals surface area contributed by atoms with Gasteiger partial charge in [0.05, 0.1) is 0 Å². The summed E-state index contributed by atoms with van der Waals surface area (Å²) in [5.41, 5.74) is 0.271. The summed E-state index contributed by atoms with van der Waals surface area (Å²) in [7, 11) is 0. The molecule has 0 aliphatic carbocycles. The highest BCUT2D eigenvalue weighted by Gasteiger charge is 2.07. The molecule has 4 heteroatoms. The zero-order valence-electron chi connectivity index (χ0n) is 7.71. The predicted molar refractivity (Wildman–Crippen MR) is 49.2 cm³/mol. The Kier molecular flexibility index (Phi) is 3.34. The predicted octanol–water partition coefficient (Wildman–Crippen LogP) is 1.49. The van der Waals surface area contributed by atoms with Crippen LogP contribution in [-0.2, 0) is 4.79 Å². The molecule has 0 heterocycles. The van der Waals surface area contributed by atoms with E-state index in [1.165, 1.54) is 24.3 Å². The van der Waals surface area contributed by atoms with Crippen LogP contribution in [0.5, 0.6) is 0 Å². The molecule has 0 fully saturated rings. The summed E-state index contributed by atoms with van der Waals surface area (Å²) in [6.45, 7) is 1.65. The maximum Gasteiger partial charge on any atom is 0.257 e. The van der Waals surface area contributed by atoms with Gasteiger partial charge in [-0.15, -0.1) is 0 Å². The number of imide groups is 1. The lowest BCUT2D eigenvalue weighted by molar-refractivity contribution is -0.119. The monoisotopic (exact) mass is 195 g/mol. The highest BCUT2D eigenvalue weighted by molar-refractivity contribution is 6.04. The van der Waals surface area contributed by atoms with E-state index < -0.39 is 11.7 Å². The van der Waals surface area contributed by atoms with Crippen LogP contribution in [0.1, 0.15) is 23.7 Å². The summed E-state index contributed by atoms with van der Waals surface area (Å²) in [5.74, 6) is -1.26. The zero-order chi connectivity index (χ0) is 10.6. The van der Waals surface area contributed by atoms with E-state index in [2.05, 4.69) is 5.32 Å². The van der Waals surface area contributed by atoms with E-state index in [1.54, 1.807) is 6.92 Å². The molecule has 14 heavy (non-hydrogen) atoms. The molecule has 0 bridgehead atoms. The van der Waals surface area contributed by atoms with E-state index in [9.17, 15) is 14.0 Å². The molecule has 0 radical (unpaired) electrons. The molecule has 3 nitrogen and oxygen atoms in total. The average Bonchev–Trinajstić information content (AvgIpc) is 2.18. The van der Waals surface area contributed by atoms with Crippen molar-refractivity contribution in [3.8, 4) is 0 Å². The Morgan fingerprint density at radius 3 is 2.36 bits per heavy atom. The largest absolute Gasteiger partial charge is 0.292 e. The Morgan fingerprint density at radius 2 is 1.86 bits per heavy atom. The van der Waals surface area contributed by atoms with Crippen LogP contribution in [-0.4, -0.2) is 11.8 Å². The van der Waals surface area contributed by atoms with Crippen LogP contribution >= 0.6 is 0 Å². The van der Waals surface area contributed by atoms with Crippen LogP contribution < -0.4 is 5.32 Å². The average molecular weight is 195 g/mol. The fourth-order valence-electron chi connectivity index (χ4n) is 0.888. The SMILES string of the molecule is CCC(=O)NC(=O)c1ccc(F)cc1. The van der Waals surface area contributed by atoms with Gasteiger partial charge in [-0.1, -0.05) is 6.92 Å². The standard InChI is InChI=1S/C10H10FNO2/c1-2-9(13)12-10(14)7-3-5-8(11)6-4-7/h3-6H,2H2,1H3,(H,12,13,14). The number of hydrogen-bond acceptors (Lipinski definition) is 2. The van der Waals surface area contributed by atoms with Crippen molar-refractivity contribution in [1.82, 2.24) is 5.32 Å². The Hall–Kier alpha value is -1.71. The van der Waals surface area contributed by atoms with Crippen LogP contribution in [0.3, 0.4) is 0 Å². The molecule has 1 rings (SSSR count). The Morgan fingerprint density at radius 1 is 1.29 bits per heavy atom. The van der Waals surface area contributed by atoms with Crippen molar-refractivity contribution < 1.29 is 14.0 Å². The number of hydrogen-bond donors (Lipinski definition) is 1. The quantitative estimate of drug-likeness (QED) is 0.777.